The summed E-state index contributed by atoms with van der Waals surface area (Å²) < 4.78 is 36.8. The van der Waals surface area contributed by atoms with E-state index in [0.717, 1.165) is 6.33 Å². The third-order valence-electron chi connectivity index (χ3n) is 3.61. The molecule has 18 heteroatoms. The minimum atomic E-state index is -5.29. The summed E-state index contributed by atoms with van der Waals surface area (Å²) in [5.74, 6) is 0.0856. The van der Waals surface area contributed by atoms with Crippen molar-refractivity contribution in [3.63, 3.8) is 0 Å². The molecule has 7 N–H and O–H groups in total. The zero-order valence-corrected chi connectivity index (χ0v) is 16.0. The van der Waals surface area contributed by atoms with E-state index >= 15 is 0 Å². The molecule has 2 aromatic heterocycles. The number of nitrogens with zero attached hydrogens (tertiary/aromatic N) is 4. The van der Waals surface area contributed by atoms with Gasteiger partial charge in [0, 0.05) is 18.9 Å². The van der Waals surface area contributed by atoms with Crippen molar-refractivity contribution in [2.45, 2.75) is 24.5 Å². The van der Waals surface area contributed by atoms with Crippen LogP contribution in [0.3, 0.4) is 0 Å². The van der Waals surface area contributed by atoms with Gasteiger partial charge in [0.1, 0.15) is 30.2 Å². The van der Waals surface area contributed by atoms with Crippen molar-refractivity contribution in [3.8, 4) is 0 Å². The number of hydrogen-bond donors (Lipinski definition) is 6. The average Bonchev–Trinajstić information content (AvgIpc) is 3.07. The van der Waals surface area contributed by atoms with Crippen LogP contribution in [0, 0.1) is 0 Å². The smallest absolute Gasteiger partial charge is 0.387 e. The Bertz CT molecular complexity index is 938. The summed E-state index contributed by atoms with van der Waals surface area (Å²) in [6.07, 6.45) is -3.20. The van der Waals surface area contributed by atoms with Crippen LogP contribution in [0.4, 0.5) is 5.82 Å². The Hall–Kier alpha value is -0.913. The molecular weight excluding hydrogens is 419 g/mol. The van der Waals surface area contributed by atoms with E-state index in [4.69, 9.17) is 20.3 Å². The van der Waals surface area contributed by atoms with Gasteiger partial charge in [-0.1, -0.05) is 0 Å². The average molecular weight is 434 g/mol. The molecular formula is C10H15LiN5O10P2. The van der Waals surface area contributed by atoms with Crippen LogP contribution in [0.25, 0.3) is 11.2 Å². The molecule has 151 valence electrons. The van der Waals surface area contributed by atoms with Gasteiger partial charge >= 0.3 is 15.6 Å². The van der Waals surface area contributed by atoms with Crippen LogP contribution in [0.15, 0.2) is 12.7 Å². The molecule has 1 aliphatic heterocycles. The Morgan fingerprint density at radius 2 is 1.86 bits per heavy atom. The van der Waals surface area contributed by atoms with Gasteiger partial charge in [-0.15, -0.1) is 0 Å². The van der Waals surface area contributed by atoms with Gasteiger partial charge in [-0.05, 0) is 0 Å². The second kappa shape index (κ2) is 8.45. The number of anilines is 1. The maximum atomic E-state index is 11.5. The Labute approximate surface area is 168 Å². The fourth-order valence-electron chi connectivity index (χ4n) is 2.48. The standard InChI is InChI=1S/C10H15N5O10P2.Li/c11-8-5-9(13-2-12-8)15(3-14-5)10-7(17)6(16)4(24-10)1-23-27(21,22)25-26(18,19)20;/h2-4,6-7,10,16-17H,1H2,(H,21,22)(H2,11,12,13)(H2,18,19,20);. The van der Waals surface area contributed by atoms with E-state index in [0.29, 0.717) is 0 Å². The molecule has 0 aliphatic carbocycles. The number of imidazole rings is 1. The SMILES string of the molecule is Nc1ncnc2c1ncn2C1OC(COP(=O)(O)OP(=O)(O)O)C(O)C1O.[Li]. The molecule has 15 nitrogen and oxygen atoms in total. The number of ether oxygens (including phenoxy) is 1. The van der Waals surface area contributed by atoms with E-state index < -0.39 is 46.8 Å². The maximum Gasteiger partial charge on any atom is 0.481 e. The molecule has 1 radical (unpaired) electrons. The van der Waals surface area contributed by atoms with Gasteiger partial charge in [-0.25, -0.2) is 24.1 Å². The van der Waals surface area contributed by atoms with Gasteiger partial charge in [0.15, 0.2) is 17.7 Å². The van der Waals surface area contributed by atoms with Crippen LogP contribution in [0.1, 0.15) is 6.23 Å². The second-order valence-corrected chi connectivity index (χ2v) is 8.30. The molecule has 0 aromatic carbocycles. The Kier molecular flexibility index (Phi) is 7.05. The molecule has 0 bridgehead atoms. The Balaban J connectivity index is 0.00000280. The fourth-order valence-corrected chi connectivity index (χ4v) is 4.08. The first kappa shape index (κ1) is 23.4. The Morgan fingerprint density at radius 1 is 1.18 bits per heavy atom. The number of fused-ring (bicyclic) bond motifs is 1. The van der Waals surface area contributed by atoms with Gasteiger partial charge in [0.05, 0.1) is 12.9 Å². The Morgan fingerprint density at radius 3 is 2.50 bits per heavy atom. The van der Waals surface area contributed by atoms with Crippen molar-refractivity contribution >= 4 is 51.5 Å². The van der Waals surface area contributed by atoms with Crippen molar-refractivity contribution in [2.75, 3.05) is 12.3 Å². The van der Waals surface area contributed by atoms with E-state index in [9.17, 15) is 24.2 Å². The predicted molar refractivity (Wildman–Crippen MR) is 90.3 cm³/mol. The van der Waals surface area contributed by atoms with Crippen molar-refractivity contribution in [1.29, 1.82) is 0 Å². The van der Waals surface area contributed by atoms with Gasteiger partial charge in [0.2, 0.25) is 0 Å². The quantitative estimate of drug-likeness (QED) is 0.211. The van der Waals surface area contributed by atoms with E-state index in [1.165, 1.54) is 10.9 Å². The van der Waals surface area contributed by atoms with E-state index in [-0.39, 0.29) is 35.8 Å². The maximum absolute atomic E-state index is 11.5. The first-order valence-electron chi connectivity index (χ1n) is 7.17. The van der Waals surface area contributed by atoms with Crippen molar-refractivity contribution in [3.05, 3.63) is 12.7 Å². The third-order valence-corrected chi connectivity index (χ3v) is 5.76. The number of aromatic nitrogens is 4. The zero-order valence-electron chi connectivity index (χ0n) is 14.2. The van der Waals surface area contributed by atoms with E-state index in [1.807, 2.05) is 0 Å². The molecule has 3 heterocycles. The molecule has 1 aliphatic rings. The summed E-state index contributed by atoms with van der Waals surface area (Å²) >= 11 is 0. The van der Waals surface area contributed by atoms with E-state index in [1.54, 1.807) is 0 Å². The number of phosphoric acid groups is 2. The normalized spacial score (nSPS) is 27.5. The van der Waals surface area contributed by atoms with Crippen LogP contribution >= 0.6 is 15.6 Å². The number of hydrogen-bond acceptors (Lipinski definition) is 11. The van der Waals surface area contributed by atoms with Crippen LogP contribution in [0.2, 0.25) is 0 Å². The number of nitrogens with two attached hydrogens (primary N) is 1. The number of rotatable bonds is 6. The zero-order chi connectivity index (χ0) is 20.0. The van der Waals surface area contributed by atoms with Crippen LogP contribution in [-0.2, 0) is 22.7 Å². The van der Waals surface area contributed by atoms with Gasteiger partial charge < -0.3 is 35.4 Å². The molecule has 5 unspecified atom stereocenters. The third kappa shape index (κ3) is 4.98. The van der Waals surface area contributed by atoms with Crippen molar-refractivity contribution in [1.82, 2.24) is 19.5 Å². The van der Waals surface area contributed by atoms with Gasteiger partial charge in [0.25, 0.3) is 0 Å². The molecule has 0 amide bonds. The summed E-state index contributed by atoms with van der Waals surface area (Å²) in [5.41, 5.74) is 6.11. The summed E-state index contributed by atoms with van der Waals surface area (Å²) in [7, 11) is -10.4. The number of aliphatic hydroxyl groups is 2. The largest absolute Gasteiger partial charge is 0.481 e. The molecule has 28 heavy (non-hydrogen) atoms. The number of phosphoric ester groups is 1. The summed E-state index contributed by atoms with van der Waals surface area (Å²) in [6, 6.07) is 0. The van der Waals surface area contributed by atoms with Gasteiger partial charge in [-0.2, -0.15) is 4.31 Å². The summed E-state index contributed by atoms with van der Waals surface area (Å²) in [4.78, 5) is 38.1. The van der Waals surface area contributed by atoms with Crippen LogP contribution in [0.5, 0.6) is 0 Å². The number of aliphatic hydroxyl groups excluding tert-OH is 2. The second-order valence-electron chi connectivity index (χ2n) is 5.47. The van der Waals surface area contributed by atoms with Crippen molar-refractivity contribution < 1.29 is 47.6 Å². The first-order chi connectivity index (χ1) is 12.5. The molecule has 3 rings (SSSR count). The molecule has 0 saturated carbocycles. The minimum Gasteiger partial charge on any atom is -0.387 e. The summed E-state index contributed by atoms with van der Waals surface area (Å²) in [6.45, 7) is -0.813. The molecule has 2 aromatic rings. The topological polar surface area (TPSA) is 233 Å². The monoisotopic (exact) mass is 434 g/mol. The molecule has 0 spiro atoms. The molecule has 1 saturated heterocycles. The van der Waals surface area contributed by atoms with Crippen LogP contribution < -0.4 is 5.73 Å². The molecule has 1 fully saturated rings. The molecule has 5 atom stereocenters. The number of nitrogen functional groups attached to an aromatic ring is 1. The fraction of sp³-hybridized carbons (Fsp3) is 0.500. The minimum absolute atomic E-state index is 0. The van der Waals surface area contributed by atoms with Crippen LogP contribution in [-0.4, -0.2) is 88.2 Å². The first-order valence-corrected chi connectivity index (χ1v) is 10.2. The van der Waals surface area contributed by atoms with Gasteiger partial charge in [-0.3, -0.25) is 9.09 Å². The predicted octanol–water partition coefficient (Wildman–Crippen LogP) is -2.13. The van der Waals surface area contributed by atoms with E-state index in [2.05, 4.69) is 23.8 Å². The summed E-state index contributed by atoms with van der Waals surface area (Å²) in [5, 5.41) is 20.3. The van der Waals surface area contributed by atoms with Crippen molar-refractivity contribution in [2.24, 2.45) is 0 Å².